The fraction of sp³-hybridized carbons (Fsp3) is 0.391. The number of benzene rings is 2. The van der Waals surface area contributed by atoms with Gasteiger partial charge in [0.2, 0.25) is 5.91 Å². The van der Waals surface area contributed by atoms with Gasteiger partial charge in [-0.05, 0) is 61.2 Å². The van der Waals surface area contributed by atoms with Crippen LogP contribution in [0.3, 0.4) is 0 Å². The summed E-state index contributed by atoms with van der Waals surface area (Å²) in [5, 5.41) is 8.81. The average Bonchev–Trinajstić information content (AvgIpc) is 2.76. The SMILES string of the molecule is Cl.O=C(Nc1ccc2c(c1F)CCNC2)c1cccc(NC(=O)C2CCCCC2)c1. The molecule has 1 aliphatic heterocycles. The van der Waals surface area contributed by atoms with Crippen LogP contribution in [0.5, 0.6) is 0 Å². The Morgan fingerprint density at radius 3 is 2.63 bits per heavy atom. The van der Waals surface area contributed by atoms with Gasteiger partial charge in [0, 0.05) is 23.7 Å². The molecule has 2 aromatic carbocycles. The third-order valence-corrected chi connectivity index (χ3v) is 5.82. The van der Waals surface area contributed by atoms with E-state index in [1.807, 2.05) is 6.07 Å². The molecule has 0 spiro atoms. The molecule has 7 heteroatoms. The Bertz CT molecular complexity index is 929. The number of carbonyl (C=O) groups is 2. The summed E-state index contributed by atoms with van der Waals surface area (Å²) < 4.78 is 14.8. The molecule has 5 nitrogen and oxygen atoms in total. The van der Waals surface area contributed by atoms with E-state index in [9.17, 15) is 14.0 Å². The molecule has 1 heterocycles. The molecule has 0 radical (unpaired) electrons. The zero-order chi connectivity index (χ0) is 20.2. The number of fused-ring (bicyclic) bond motifs is 1. The Morgan fingerprint density at radius 2 is 1.83 bits per heavy atom. The maximum absolute atomic E-state index is 14.8. The lowest BCUT2D eigenvalue weighted by Gasteiger charge is -2.21. The lowest BCUT2D eigenvalue weighted by Crippen LogP contribution is -2.25. The highest BCUT2D eigenvalue weighted by Crippen LogP contribution is 2.26. The first-order valence-corrected chi connectivity index (χ1v) is 10.3. The molecule has 2 amide bonds. The lowest BCUT2D eigenvalue weighted by atomic mass is 9.88. The summed E-state index contributed by atoms with van der Waals surface area (Å²) in [5.74, 6) is -0.706. The molecule has 3 N–H and O–H groups in total. The Balaban J connectivity index is 0.00000256. The zero-order valence-electron chi connectivity index (χ0n) is 16.8. The van der Waals surface area contributed by atoms with Crippen LogP contribution < -0.4 is 16.0 Å². The van der Waals surface area contributed by atoms with Crippen molar-refractivity contribution >= 4 is 35.6 Å². The number of carbonyl (C=O) groups excluding carboxylic acids is 2. The van der Waals surface area contributed by atoms with Crippen molar-refractivity contribution in [3.63, 3.8) is 0 Å². The maximum atomic E-state index is 14.8. The molecular weight excluding hydrogens is 405 g/mol. The van der Waals surface area contributed by atoms with Crippen molar-refractivity contribution in [2.75, 3.05) is 17.2 Å². The van der Waals surface area contributed by atoms with Crippen LogP contribution in [0.2, 0.25) is 0 Å². The molecule has 0 unspecified atom stereocenters. The minimum atomic E-state index is -0.397. The Morgan fingerprint density at radius 1 is 1.03 bits per heavy atom. The number of nitrogens with one attached hydrogen (secondary N) is 3. The molecule has 1 aliphatic carbocycles. The molecular formula is C23H27ClFN3O2. The largest absolute Gasteiger partial charge is 0.326 e. The molecule has 0 saturated heterocycles. The van der Waals surface area contributed by atoms with Crippen LogP contribution in [0.1, 0.15) is 53.6 Å². The number of amides is 2. The topological polar surface area (TPSA) is 70.2 Å². The van der Waals surface area contributed by atoms with Crippen LogP contribution in [0.25, 0.3) is 0 Å². The van der Waals surface area contributed by atoms with Gasteiger partial charge in [0.15, 0.2) is 0 Å². The molecule has 0 aromatic heterocycles. The predicted molar refractivity (Wildman–Crippen MR) is 119 cm³/mol. The summed E-state index contributed by atoms with van der Waals surface area (Å²) in [6.07, 6.45) is 5.80. The van der Waals surface area contributed by atoms with Crippen LogP contribution in [-0.4, -0.2) is 18.4 Å². The van der Waals surface area contributed by atoms with Gasteiger partial charge in [-0.3, -0.25) is 9.59 Å². The summed E-state index contributed by atoms with van der Waals surface area (Å²) >= 11 is 0. The second kappa shape index (κ2) is 10.0. The van der Waals surface area contributed by atoms with E-state index in [4.69, 9.17) is 0 Å². The van der Waals surface area contributed by atoms with Gasteiger partial charge in [0.25, 0.3) is 5.91 Å². The summed E-state index contributed by atoms with van der Waals surface area (Å²) in [5.41, 5.74) is 2.75. The second-order valence-corrected chi connectivity index (χ2v) is 7.85. The average molecular weight is 432 g/mol. The van der Waals surface area contributed by atoms with Gasteiger partial charge < -0.3 is 16.0 Å². The van der Waals surface area contributed by atoms with E-state index in [2.05, 4.69) is 16.0 Å². The van der Waals surface area contributed by atoms with Gasteiger partial charge >= 0.3 is 0 Å². The van der Waals surface area contributed by atoms with Gasteiger partial charge in [-0.2, -0.15) is 0 Å². The van der Waals surface area contributed by atoms with E-state index >= 15 is 0 Å². The van der Waals surface area contributed by atoms with Crippen LogP contribution in [0.15, 0.2) is 36.4 Å². The van der Waals surface area contributed by atoms with Crippen LogP contribution in [-0.2, 0) is 17.8 Å². The van der Waals surface area contributed by atoms with Crippen molar-refractivity contribution in [2.24, 2.45) is 5.92 Å². The number of rotatable bonds is 4. The molecule has 30 heavy (non-hydrogen) atoms. The second-order valence-electron chi connectivity index (χ2n) is 7.85. The third kappa shape index (κ3) is 4.99. The molecule has 0 bridgehead atoms. The monoisotopic (exact) mass is 431 g/mol. The Hall–Kier alpha value is -2.44. The number of hydrogen-bond acceptors (Lipinski definition) is 3. The summed E-state index contributed by atoms with van der Waals surface area (Å²) in [4.78, 5) is 25.1. The van der Waals surface area contributed by atoms with Crippen molar-refractivity contribution in [2.45, 2.75) is 45.1 Å². The van der Waals surface area contributed by atoms with E-state index in [0.29, 0.717) is 29.8 Å². The zero-order valence-corrected chi connectivity index (χ0v) is 17.6. The first-order chi connectivity index (χ1) is 14.1. The highest BCUT2D eigenvalue weighted by molar-refractivity contribution is 6.05. The molecule has 2 aliphatic rings. The van der Waals surface area contributed by atoms with Gasteiger partial charge in [0.1, 0.15) is 5.82 Å². The predicted octanol–water partition coefficient (Wildman–Crippen LogP) is 4.66. The van der Waals surface area contributed by atoms with E-state index in [1.54, 1.807) is 30.3 Å². The van der Waals surface area contributed by atoms with E-state index in [0.717, 1.165) is 37.8 Å². The molecule has 1 saturated carbocycles. The van der Waals surface area contributed by atoms with E-state index in [-0.39, 0.29) is 35.7 Å². The van der Waals surface area contributed by atoms with Crippen molar-refractivity contribution in [1.82, 2.24) is 5.32 Å². The first kappa shape index (κ1) is 22.2. The molecule has 4 rings (SSSR count). The fourth-order valence-corrected chi connectivity index (χ4v) is 4.17. The molecule has 160 valence electrons. The van der Waals surface area contributed by atoms with Crippen molar-refractivity contribution in [1.29, 1.82) is 0 Å². The lowest BCUT2D eigenvalue weighted by molar-refractivity contribution is -0.120. The third-order valence-electron chi connectivity index (χ3n) is 5.82. The summed E-state index contributed by atoms with van der Waals surface area (Å²) in [7, 11) is 0. The molecule has 2 aromatic rings. The quantitative estimate of drug-likeness (QED) is 0.659. The van der Waals surface area contributed by atoms with Gasteiger partial charge in [-0.1, -0.05) is 31.4 Å². The van der Waals surface area contributed by atoms with Gasteiger partial charge in [0.05, 0.1) is 5.69 Å². The smallest absolute Gasteiger partial charge is 0.255 e. The maximum Gasteiger partial charge on any atom is 0.255 e. The number of anilines is 2. The summed E-state index contributed by atoms with van der Waals surface area (Å²) in [6.45, 7) is 1.37. The number of hydrogen-bond donors (Lipinski definition) is 3. The number of halogens is 2. The molecule has 1 fully saturated rings. The van der Waals surface area contributed by atoms with E-state index < -0.39 is 5.91 Å². The van der Waals surface area contributed by atoms with Gasteiger partial charge in [-0.25, -0.2) is 4.39 Å². The first-order valence-electron chi connectivity index (χ1n) is 10.3. The highest BCUT2D eigenvalue weighted by atomic mass is 35.5. The van der Waals surface area contributed by atoms with Crippen molar-refractivity contribution < 1.29 is 14.0 Å². The Kier molecular flexibility index (Phi) is 7.45. The highest BCUT2D eigenvalue weighted by Gasteiger charge is 2.22. The van der Waals surface area contributed by atoms with Crippen LogP contribution >= 0.6 is 12.4 Å². The summed E-state index contributed by atoms with van der Waals surface area (Å²) in [6, 6.07) is 10.2. The standard InChI is InChI=1S/C23H26FN3O2.ClH/c24-21-19-11-12-25-14-17(19)9-10-20(21)27-23(29)16-7-4-8-18(13-16)26-22(28)15-5-2-1-3-6-15;/h4,7-10,13,15,25H,1-3,5-6,11-12,14H2,(H,26,28)(H,27,29);1H. The minimum absolute atomic E-state index is 0. The normalized spacial score (nSPS) is 16.2. The van der Waals surface area contributed by atoms with Crippen molar-refractivity contribution in [3.05, 3.63) is 58.9 Å². The van der Waals surface area contributed by atoms with E-state index in [1.165, 1.54) is 6.42 Å². The Labute approximate surface area is 182 Å². The fourth-order valence-electron chi connectivity index (χ4n) is 4.17. The van der Waals surface area contributed by atoms with Crippen molar-refractivity contribution in [3.8, 4) is 0 Å². The van der Waals surface area contributed by atoms with Crippen LogP contribution in [0, 0.1) is 11.7 Å². The minimum Gasteiger partial charge on any atom is -0.326 e. The molecule has 0 atom stereocenters. The van der Waals surface area contributed by atoms with Crippen LogP contribution in [0.4, 0.5) is 15.8 Å². The van der Waals surface area contributed by atoms with Gasteiger partial charge in [-0.15, -0.1) is 12.4 Å².